The Morgan fingerprint density at radius 1 is 1.00 bits per heavy atom. The Labute approximate surface area is 256 Å². The fourth-order valence-corrected chi connectivity index (χ4v) is 12.6. The molecule has 0 aliphatic carbocycles. The Morgan fingerprint density at radius 3 is 2.29 bits per heavy atom. The van der Waals surface area contributed by atoms with Crippen LogP contribution in [0.2, 0.25) is 16.6 Å². The van der Waals surface area contributed by atoms with Crippen molar-refractivity contribution in [3.05, 3.63) is 36.5 Å². The van der Waals surface area contributed by atoms with Crippen molar-refractivity contribution in [2.75, 3.05) is 6.61 Å². The molecule has 3 heterocycles. The summed E-state index contributed by atoms with van der Waals surface area (Å²) >= 11 is 0. The van der Waals surface area contributed by atoms with Crippen LogP contribution in [0.15, 0.2) is 36.5 Å². The molecule has 2 bridgehead atoms. The minimum absolute atomic E-state index is 0.103. The van der Waals surface area contributed by atoms with E-state index in [1.807, 2.05) is 19.9 Å². The van der Waals surface area contributed by atoms with Crippen LogP contribution < -0.4 is 0 Å². The van der Waals surface area contributed by atoms with E-state index in [0.717, 1.165) is 25.7 Å². The summed E-state index contributed by atoms with van der Waals surface area (Å²) in [5.74, 6) is 4.82. The molecule has 6 nitrogen and oxygen atoms in total. The fourth-order valence-electron chi connectivity index (χ4n) is 7.14. The minimum Gasteiger partial charge on any atom is -0.450 e. The fraction of sp³-hybridized carbons (Fsp3) is 0.743. The summed E-state index contributed by atoms with van der Waals surface area (Å²) < 4.78 is 31.4. The Balaban J connectivity index is 1.92. The van der Waals surface area contributed by atoms with Gasteiger partial charge in [-0.3, -0.25) is 0 Å². The number of carbonyl (C=O) groups excluding carboxylic acids is 1. The summed E-state index contributed by atoms with van der Waals surface area (Å²) in [4.78, 5) is 12.8. The van der Waals surface area contributed by atoms with Crippen LogP contribution in [0.4, 0.5) is 0 Å². The van der Waals surface area contributed by atoms with Crippen LogP contribution in [0.5, 0.6) is 0 Å². The lowest BCUT2D eigenvalue weighted by molar-refractivity contribution is -0.166. The molecule has 1 saturated heterocycles. The summed E-state index contributed by atoms with van der Waals surface area (Å²) in [6.07, 6.45) is 12.0. The molecule has 0 aromatic heterocycles. The first kappa shape index (κ1) is 34.8. The van der Waals surface area contributed by atoms with Crippen LogP contribution in [0.1, 0.15) is 101 Å². The molecule has 6 atom stereocenters. The van der Waals surface area contributed by atoms with E-state index in [2.05, 4.69) is 85.1 Å². The van der Waals surface area contributed by atoms with Crippen LogP contribution in [-0.2, 0) is 28.2 Å². The van der Waals surface area contributed by atoms with E-state index in [9.17, 15) is 4.79 Å². The van der Waals surface area contributed by atoms with Gasteiger partial charge in [0.1, 0.15) is 12.2 Å². The number of rotatable bonds is 6. The van der Waals surface area contributed by atoms with Gasteiger partial charge in [0.05, 0.1) is 24.9 Å². The molecule has 0 spiro atoms. The summed E-state index contributed by atoms with van der Waals surface area (Å²) in [7, 11) is -2.15. The minimum atomic E-state index is -2.15. The van der Waals surface area contributed by atoms with Gasteiger partial charge >= 0.3 is 5.97 Å². The molecule has 0 aromatic rings. The molecule has 3 aliphatic rings. The van der Waals surface area contributed by atoms with Gasteiger partial charge in [-0.25, -0.2) is 4.79 Å². The van der Waals surface area contributed by atoms with Crippen molar-refractivity contribution in [2.24, 2.45) is 5.92 Å². The maximum Gasteiger partial charge on any atom is 0.384 e. The second kappa shape index (κ2) is 15.3. The lowest BCUT2D eigenvalue weighted by atomic mass is 9.91. The Hall–Kier alpha value is -1.69. The van der Waals surface area contributed by atoms with Crippen LogP contribution in [0.3, 0.4) is 0 Å². The van der Waals surface area contributed by atoms with Crippen molar-refractivity contribution in [3.8, 4) is 11.8 Å². The third-order valence-corrected chi connectivity index (χ3v) is 15.0. The first-order valence-corrected chi connectivity index (χ1v) is 18.2. The number of hydrogen-bond acceptors (Lipinski definition) is 6. The number of carbonyl (C=O) groups is 1. The smallest absolute Gasteiger partial charge is 0.384 e. The summed E-state index contributed by atoms with van der Waals surface area (Å²) in [5.41, 5.74) is 2.60. The van der Waals surface area contributed by atoms with Crippen molar-refractivity contribution in [1.82, 2.24) is 0 Å². The second-order valence-corrected chi connectivity index (χ2v) is 19.3. The second-order valence-electron chi connectivity index (χ2n) is 13.9. The van der Waals surface area contributed by atoms with E-state index in [4.69, 9.17) is 23.4 Å². The highest BCUT2D eigenvalue weighted by molar-refractivity contribution is 6.77. The van der Waals surface area contributed by atoms with Gasteiger partial charge in [-0.1, -0.05) is 90.8 Å². The van der Waals surface area contributed by atoms with E-state index in [1.54, 1.807) is 0 Å². The first-order chi connectivity index (χ1) is 19.7. The molecule has 7 heteroatoms. The third-order valence-electron chi connectivity index (χ3n) is 8.89. The number of hydrogen-bond donors (Lipinski definition) is 0. The van der Waals surface area contributed by atoms with Crippen molar-refractivity contribution in [2.45, 2.75) is 154 Å². The van der Waals surface area contributed by atoms with Gasteiger partial charge in [0.2, 0.25) is 8.32 Å². The van der Waals surface area contributed by atoms with Gasteiger partial charge in [0.25, 0.3) is 0 Å². The normalized spacial score (nSPS) is 31.5. The lowest BCUT2D eigenvalue weighted by Crippen LogP contribution is -2.50. The highest BCUT2D eigenvalue weighted by Crippen LogP contribution is 2.44. The summed E-state index contributed by atoms with van der Waals surface area (Å²) in [5, 5.41) is 0. The molecule has 6 unspecified atom stereocenters. The monoisotopic (exact) mass is 600 g/mol. The van der Waals surface area contributed by atoms with Crippen LogP contribution in [0.25, 0.3) is 0 Å². The highest BCUT2D eigenvalue weighted by Gasteiger charge is 2.46. The van der Waals surface area contributed by atoms with Crippen LogP contribution >= 0.6 is 0 Å². The zero-order chi connectivity index (χ0) is 31.1. The maximum atomic E-state index is 12.8. The molecular formula is C35H56O6Si. The van der Waals surface area contributed by atoms with Gasteiger partial charge in [-0.15, -0.1) is 0 Å². The lowest BCUT2D eigenvalue weighted by Gasteiger charge is -2.44. The standard InChI is InChI=1S/C35H56O6Si/c1-24(2)42(25(3)4,26(5)6)41-31-17-12-18-32(33-23-37-35(9,10)40-33)39-34(36)19-13-15-29-14-11-16-30(38-29)21-27(7)20-28(8)22-31/h11-12,14,17,24-27,29-33H,8,15-16,18,20-23H2,1-7,9-10H3. The molecular weight excluding hydrogens is 544 g/mol. The average Bonchev–Trinajstić information content (AvgIpc) is 3.24. The largest absolute Gasteiger partial charge is 0.450 e. The Kier molecular flexibility index (Phi) is 12.7. The van der Waals surface area contributed by atoms with Crippen molar-refractivity contribution in [3.63, 3.8) is 0 Å². The van der Waals surface area contributed by atoms with Crippen LogP contribution in [0, 0.1) is 17.8 Å². The maximum absolute atomic E-state index is 12.8. The topological polar surface area (TPSA) is 63.2 Å². The van der Waals surface area contributed by atoms with Gasteiger partial charge in [-0.05, 0) is 62.1 Å². The van der Waals surface area contributed by atoms with E-state index in [0.29, 0.717) is 42.0 Å². The predicted molar refractivity (Wildman–Crippen MR) is 171 cm³/mol. The van der Waals surface area contributed by atoms with Gasteiger partial charge < -0.3 is 23.4 Å². The molecule has 0 aromatic carbocycles. The zero-order valence-electron chi connectivity index (χ0n) is 27.6. The van der Waals surface area contributed by atoms with E-state index < -0.39 is 26.2 Å². The number of fused-ring (bicyclic) bond motifs is 2. The first-order valence-electron chi connectivity index (χ1n) is 16.1. The van der Waals surface area contributed by atoms with Gasteiger partial charge in [-0.2, -0.15) is 0 Å². The molecule has 0 N–H and O–H groups in total. The molecule has 42 heavy (non-hydrogen) atoms. The average molecular weight is 601 g/mol. The summed E-state index contributed by atoms with van der Waals surface area (Å²) in [6.45, 7) is 24.8. The molecule has 0 saturated carbocycles. The van der Waals surface area contributed by atoms with Crippen molar-refractivity contribution >= 4 is 14.3 Å². The third kappa shape index (κ3) is 9.66. The molecule has 236 valence electrons. The molecule has 0 radical (unpaired) electrons. The Morgan fingerprint density at radius 2 is 1.67 bits per heavy atom. The summed E-state index contributed by atoms with van der Waals surface area (Å²) in [6, 6.07) is 0. The number of esters is 1. The molecule has 0 amide bonds. The highest BCUT2D eigenvalue weighted by atomic mass is 28.4. The number of cyclic esters (lactones) is 1. The van der Waals surface area contributed by atoms with Crippen molar-refractivity contribution < 1.29 is 28.2 Å². The van der Waals surface area contributed by atoms with Crippen molar-refractivity contribution in [1.29, 1.82) is 0 Å². The van der Waals surface area contributed by atoms with Crippen LogP contribution in [-0.4, -0.2) is 57.2 Å². The Bertz CT molecular complexity index is 1010. The van der Waals surface area contributed by atoms with E-state index >= 15 is 0 Å². The van der Waals surface area contributed by atoms with E-state index in [-0.39, 0.29) is 24.4 Å². The molecule has 3 rings (SSSR count). The molecule has 1 fully saturated rings. The van der Waals surface area contributed by atoms with Gasteiger partial charge in [0, 0.05) is 18.8 Å². The van der Waals surface area contributed by atoms with Gasteiger partial charge in [0.15, 0.2) is 5.79 Å². The number of ether oxygens (including phenoxy) is 4. The van der Waals surface area contributed by atoms with E-state index in [1.165, 1.54) is 5.57 Å². The quantitative estimate of drug-likeness (QED) is 0.101. The zero-order valence-corrected chi connectivity index (χ0v) is 28.6. The predicted octanol–water partition coefficient (Wildman–Crippen LogP) is 8.04. The molecule has 3 aliphatic heterocycles. The SMILES string of the molecule is C=C1CC(C)CC2CC=CC(CC#CC(=O)OC(C3COC(C)(C)O3)CC=CC(O[Si](C(C)C)(C(C)C)C(C)C)C1)O2.